The van der Waals surface area contributed by atoms with Gasteiger partial charge in [-0.3, -0.25) is 4.79 Å². The van der Waals surface area contributed by atoms with Crippen LogP contribution >= 0.6 is 0 Å². The van der Waals surface area contributed by atoms with E-state index in [2.05, 4.69) is 17.6 Å². The van der Waals surface area contributed by atoms with Gasteiger partial charge in [-0.25, -0.2) is 0 Å². The zero-order valence-electron chi connectivity index (χ0n) is 12.8. The van der Waals surface area contributed by atoms with Gasteiger partial charge in [-0.1, -0.05) is 37.3 Å². The van der Waals surface area contributed by atoms with Gasteiger partial charge in [0.25, 0.3) is 0 Å². The molecule has 1 aliphatic heterocycles. The molecule has 0 aromatic heterocycles. The number of hydrogen-bond donors (Lipinski definition) is 2. The molecule has 0 saturated carbocycles. The maximum absolute atomic E-state index is 12.5. The molecule has 1 amide bonds. The fourth-order valence-corrected chi connectivity index (χ4v) is 2.80. The average Bonchev–Trinajstić information content (AvgIpc) is 2.47. The van der Waals surface area contributed by atoms with Crippen LogP contribution in [0.25, 0.3) is 0 Å². The molecule has 1 aliphatic rings. The first kappa shape index (κ1) is 15.0. The fraction of sp³-hybridized carbons (Fsp3) is 0.588. The second-order valence-corrected chi connectivity index (χ2v) is 6.43. The first-order valence-corrected chi connectivity index (χ1v) is 7.56. The minimum atomic E-state index is -0.475. The Kier molecular flexibility index (Phi) is 4.81. The van der Waals surface area contributed by atoms with E-state index < -0.39 is 5.41 Å². The van der Waals surface area contributed by atoms with Gasteiger partial charge in [0.2, 0.25) is 5.91 Å². The van der Waals surface area contributed by atoms with Crippen LogP contribution in [0.15, 0.2) is 30.3 Å². The lowest BCUT2D eigenvalue weighted by Crippen LogP contribution is -2.45. The highest BCUT2D eigenvalue weighted by atomic mass is 16.2. The molecule has 1 aromatic carbocycles. The van der Waals surface area contributed by atoms with E-state index in [9.17, 15) is 4.79 Å². The second-order valence-electron chi connectivity index (χ2n) is 6.43. The van der Waals surface area contributed by atoms with E-state index in [4.69, 9.17) is 0 Å². The summed E-state index contributed by atoms with van der Waals surface area (Å²) in [5, 5.41) is 6.55. The maximum Gasteiger partial charge on any atom is 0.230 e. The lowest BCUT2D eigenvalue weighted by atomic mass is 9.83. The Balaban J connectivity index is 1.94. The molecule has 0 spiro atoms. The largest absolute Gasteiger partial charge is 0.355 e. The summed E-state index contributed by atoms with van der Waals surface area (Å²) in [6.45, 7) is 9.14. The topological polar surface area (TPSA) is 41.1 Å². The molecule has 1 fully saturated rings. The molecule has 2 N–H and O–H groups in total. The Morgan fingerprint density at radius 2 is 2.05 bits per heavy atom. The highest BCUT2D eigenvalue weighted by molar-refractivity contribution is 5.87. The van der Waals surface area contributed by atoms with Crippen LogP contribution in [-0.2, 0) is 10.2 Å². The predicted octanol–water partition coefficient (Wildman–Crippen LogP) is 2.33. The number of carbonyl (C=O) groups is 1. The number of carbonyl (C=O) groups excluding carboxylic acids is 1. The number of rotatable bonds is 4. The summed E-state index contributed by atoms with van der Waals surface area (Å²) >= 11 is 0. The molecule has 1 aromatic rings. The van der Waals surface area contributed by atoms with Crippen LogP contribution < -0.4 is 10.6 Å². The quantitative estimate of drug-likeness (QED) is 0.885. The fourth-order valence-electron chi connectivity index (χ4n) is 2.80. The average molecular weight is 274 g/mol. The molecule has 3 heteroatoms. The highest BCUT2D eigenvalue weighted by Gasteiger charge is 2.30. The van der Waals surface area contributed by atoms with Crippen LogP contribution in [0.5, 0.6) is 0 Å². The van der Waals surface area contributed by atoms with Gasteiger partial charge < -0.3 is 10.6 Å². The predicted molar refractivity (Wildman–Crippen MR) is 82.6 cm³/mol. The summed E-state index contributed by atoms with van der Waals surface area (Å²) in [7, 11) is 0. The Hall–Kier alpha value is -1.35. The maximum atomic E-state index is 12.5. The van der Waals surface area contributed by atoms with Crippen LogP contribution in [0, 0.1) is 11.8 Å². The lowest BCUT2D eigenvalue weighted by Gasteiger charge is -2.31. The van der Waals surface area contributed by atoms with Crippen LogP contribution in [0.1, 0.15) is 32.8 Å². The van der Waals surface area contributed by atoms with Crippen molar-refractivity contribution in [3.63, 3.8) is 0 Å². The van der Waals surface area contributed by atoms with Gasteiger partial charge in [0, 0.05) is 6.54 Å². The summed E-state index contributed by atoms with van der Waals surface area (Å²) in [5.74, 6) is 1.34. The molecule has 1 heterocycles. The van der Waals surface area contributed by atoms with Gasteiger partial charge in [0.15, 0.2) is 0 Å². The SMILES string of the molecule is CC1CNCCC1CNC(=O)C(C)(C)c1ccccc1. The molecule has 2 atom stereocenters. The Bertz CT molecular complexity index is 442. The van der Waals surface area contributed by atoms with Gasteiger partial charge in [-0.05, 0) is 50.8 Å². The molecule has 2 unspecified atom stereocenters. The van der Waals surface area contributed by atoms with Gasteiger partial charge in [0.05, 0.1) is 5.41 Å². The van der Waals surface area contributed by atoms with E-state index in [1.807, 2.05) is 44.2 Å². The standard InChI is InChI=1S/C17H26N2O/c1-13-11-18-10-9-14(13)12-19-16(20)17(2,3)15-7-5-4-6-8-15/h4-8,13-14,18H,9-12H2,1-3H3,(H,19,20). The number of hydrogen-bond acceptors (Lipinski definition) is 2. The van der Waals surface area contributed by atoms with E-state index >= 15 is 0 Å². The van der Waals surface area contributed by atoms with Crippen molar-refractivity contribution in [1.29, 1.82) is 0 Å². The molecular weight excluding hydrogens is 248 g/mol. The summed E-state index contributed by atoms with van der Waals surface area (Å²) in [4.78, 5) is 12.5. The van der Waals surface area contributed by atoms with E-state index in [-0.39, 0.29) is 5.91 Å². The van der Waals surface area contributed by atoms with Gasteiger partial charge >= 0.3 is 0 Å². The minimum Gasteiger partial charge on any atom is -0.355 e. The molecule has 2 rings (SSSR count). The van der Waals surface area contributed by atoms with Crippen molar-refractivity contribution in [2.45, 2.75) is 32.6 Å². The lowest BCUT2D eigenvalue weighted by molar-refractivity contribution is -0.126. The first-order chi connectivity index (χ1) is 9.51. The molecular formula is C17H26N2O. The van der Waals surface area contributed by atoms with Crippen molar-refractivity contribution >= 4 is 5.91 Å². The Morgan fingerprint density at radius 3 is 2.70 bits per heavy atom. The summed E-state index contributed by atoms with van der Waals surface area (Å²) in [6.07, 6.45) is 1.15. The third-order valence-corrected chi connectivity index (χ3v) is 4.55. The third kappa shape index (κ3) is 3.40. The smallest absolute Gasteiger partial charge is 0.230 e. The van der Waals surface area contributed by atoms with Crippen LogP contribution in [0.3, 0.4) is 0 Å². The first-order valence-electron chi connectivity index (χ1n) is 7.56. The van der Waals surface area contributed by atoms with Gasteiger partial charge in [-0.15, -0.1) is 0 Å². The van der Waals surface area contributed by atoms with Crippen molar-refractivity contribution in [1.82, 2.24) is 10.6 Å². The second kappa shape index (κ2) is 6.40. The van der Waals surface area contributed by atoms with Crippen molar-refractivity contribution in [2.24, 2.45) is 11.8 Å². The normalized spacial score (nSPS) is 23.4. The van der Waals surface area contributed by atoms with Crippen molar-refractivity contribution in [3.05, 3.63) is 35.9 Å². The summed E-state index contributed by atoms with van der Waals surface area (Å²) in [6, 6.07) is 9.99. The number of benzene rings is 1. The number of amides is 1. The molecule has 0 bridgehead atoms. The molecule has 3 nitrogen and oxygen atoms in total. The van der Waals surface area contributed by atoms with Crippen molar-refractivity contribution < 1.29 is 4.79 Å². The number of nitrogens with one attached hydrogen (secondary N) is 2. The monoisotopic (exact) mass is 274 g/mol. The molecule has 20 heavy (non-hydrogen) atoms. The Labute approximate surface area is 122 Å². The Morgan fingerprint density at radius 1 is 1.35 bits per heavy atom. The van der Waals surface area contributed by atoms with Gasteiger partial charge in [0.1, 0.15) is 0 Å². The molecule has 1 saturated heterocycles. The van der Waals surface area contributed by atoms with E-state index in [0.717, 1.165) is 31.6 Å². The summed E-state index contributed by atoms with van der Waals surface area (Å²) in [5.41, 5.74) is 0.591. The van der Waals surface area contributed by atoms with E-state index in [1.54, 1.807) is 0 Å². The van der Waals surface area contributed by atoms with Crippen LogP contribution in [0.2, 0.25) is 0 Å². The third-order valence-electron chi connectivity index (χ3n) is 4.55. The van der Waals surface area contributed by atoms with Crippen molar-refractivity contribution in [2.75, 3.05) is 19.6 Å². The van der Waals surface area contributed by atoms with Crippen LogP contribution in [-0.4, -0.2) is 25.5 Å². The highest BCUT2D eigenvalue weighted by Crippen LogP contribution is 2.24. The van der Waals surface area contributed by atoms with Gasteiger partial charge in [-0.2, -0.15) is 0 Å². The summed E-state index contributed by atoms with van der Waals surface area (Å²) < 4.78 is 0. The zero-order valence-corrected chi connectivity index (χ0v) is 12.8. The zero-order chi connectivity index (χ0) is 14.6. The molecule has 0 aliphatic carbocycles. The van der Waals surface area contributed by atoms with E-state index in [0.29, 0.717) is 11.8 Å². The minimum absolute atomic E-state index is 0.120. The number of piperidine rings is 1. The van der Waals surface area contributed by atoms with Crippen molar-refractivity contribution in [3.8, 4) is 0 Å². The molecule has 110 valence electrons. The molecule has 0 radical (unpaired) electrons. The van der Waals surface area contributed by atoms with E-state index in [1.165, 1.54) is 0 Å². The van der Waals surface area contributed by atoms with Crippen LogP contribution in [0.4, 0.5) is 0 Å².